The fourth-order valence-electron chi connectivity index (χ4n) is 4.97. The van der Waals surface area contributed by atoms with E-state index in [-0.39, 0.29) is 23.6 Å². The van der Waals surface area contributed by atoms with Gasteiger partial charge in [-0.15, -0.1) is 10.2 Å². The number of aromatic nitrogens is 4. The van der Waals surface area contributed by atoms with Crippen molar-refractivity contribution in [1.82, 2.24) is 20.4 Å². The Kier molecular flexibility index (Phi) is 5.45. The van der Waals surface area contributed by atoms with Gasteiger partial charge in [0.2, 0.25) is 23.5 Å². The van der Waals surface area contributed by atoms with E-state index in [0.717, 1.165) is 33.6 Å². The molecule has 2 aliphatic heterocycles. The summed E-state index contributed by atoms with van der Waals surface area (Å²) in [4.78, 5) is 0. The van der Waals surface area contributed by atoms with Crippen LogP contribution in [0, 0.1) is 22.7 Å². The Bertz CT molecular complexity index is 1380. The number of hydrogen-bond acceptors (Lipinski definition) is 8. The highest BCUT2D eigenvalue weighted by molar-refractivity contribution is 5.58. The molecule has 0 amide bonds. The van der Waals surface area contributed by atoms with Crippen molar-refractivity contribution >= 4 is 0 Å². The SMILES string of the molecule is CC(C)c1[nH]nc2c1C(c1ccc(C3C(C#N)=C(N)Oc4n[nH]c(C(C)C)c43)cc1)C(C#N)=C(N)O2. The topological polar surface area (TPSA) is 175 Å². The predicted molar refractivity (Wildman–Crippen MR) is 130 cm³/mol. The van der Waals surface area contributed by atoms with Gasteiger partial charge in [-0.05, 0) is 23.0 Å². The van der Waals surface area contributed by atoms with Crippen molar-refractivity contribution in [2.24, 2.45) is 11.5 Å². The van der Waals surface area contributed by atoms with Gasteiger partial charge in [-0.1, -0.05) is 52.0 Å². The molecule has 0 fully saturated rings. The summed E-state index contributed by atoms with van der Waals surface area (Å²) in [5, 5.41) is 34.5. The summed E-state index contributed by atoms with van der Waals surface area (Å²) < 4.78 is 11.3. The molecule has 36 heavy (non-hydrogen) atoms. The number of nitrogens with two attached hydrogens (primary N) is 2. The minimum Gasteiger partial charge on any atom is -0.420 e. The number of allylic oxidation sites excluding steroid dienone is 2. The van der Waals surface area contributed by atoms with E-state index in [1.807, 2.05) is 52.0 Å². The maximum Gasteiger partial charge on any atom is 0.244 e. The highest BCUT2D eigenvalue weighted by atomic mass is 16.5. The minimum atomic E-state index is -0.439. The number of nitrogens with zero attached hydrogens (tertiary/aromatic N) is 4. The van der Waals surface area contributed by atoms with Gasteiger partial charge < -0.3 is 20.9 Å². The Morgan fingerprint density at radius 1 is 0.750 bits per heavy atom. The second-order valence-electron chi connectivity index (χ2n) is 9.54. The fraction of sp³-hybridized carbons (Fsp3) is 0.308. The third-order valence-electron chi connectivity index (χ3n) is 6.69. The number of H-pyrrole nitrogens is 2. The lowest BCUT2D eigenvalue weighted by Gasteiger charge is -2.27. The van der Waals surface area contributed by atoms with E-state index >= 15 is 0 Å². The Labute approximate surface area is 208 Å². The number of aromatic amines is 2. The zero-order chi connectivity index (χ0) is 25.7. The Morgan fingerprint density at radius 2 is 1.11 bits per heavy atom. The summed E-state index contributed by atoms with van der Waals surface area (Å²) in [5.41, 5.74) is 17.9. The van der Waals surface area contributed by atoms with Crippen molar-refractivity contribution in [1.29, 1.82) is 10.5 Å². The first-order chi connectivity index (χ1) is 17.3. The molecule has 2 unspecified atom stereocenters. The third-order valence-corrected chi connectivity index (χ3v) is 6.69. The summed E-state index contributed by atoms with van der Waals surface area (Å²) in [6.45, 7) is 8.17. The standard InChI is InChI=1S/C26H26N8O2/c1-11(2)21-19-17(15(9-27)23(29)35-25(19)33-31-21)13-5-7-14(8-6-13)18-16(10-28)24(30)36-26-20(18)22(12(3)4)32-34-26/h5-8,11-12,17-18H,29-30H2,1-4H3,(H,31,33)(H,32,34). The summed E-state index contributed by atoms with van der Waals surface area (Å²) in [6, 6.07) is 12.2. The van der Waals surface area contributed by atoms with Crippen molar-refractivity contribution < 1.29 is 9.47 Å². The molecule has 0 bridgehead atoms. The van der Waals surface area contributed by atoms with Crippen LogP contribution in [0.3, 0.4) is 0 Å². The van der Waals surface area contributed by atoms with E-state index in [1.165, 1.54) is 0 Å². The molecule has 182 valence electrons. The summed E-state index contributed by atoms with van der Waals surface area (Å²) in [6.07, 6.45) is 0. The number of nitriles is 2. The van der Waals surface area contributed by atoms with E-state index in [9.17, 15) is 10.5 Å². The zero-order valence-electron chi connectivity index (χ0n) is 20.4. The van der Waals surface area contributed by atoms with Crippen molar-refractivity contribution in [3.05, 3.63) is 80.8 Å². The summed E-state index contributed by atoms with van der Waals surface area (Å²) >= 11 is 0. The van der Waals surface area contributed by atoms with Crippen LogP contribution in [-0.4, -0.2) is 20.4 Å². The number of benzene rings is 1. The quantitative estimate of drug-likeness (QED) is 0.434. The Hall–Kier alpha value is -4.70. The van der Waals surface area contributed by atoms with E-state index in [1.54, 1.807) is 0 Å². The molecule has 3 aromatic rings. The van der Waals surface area contributed by atoms with Gasteiger partial charge in [-0.2, -0.15) is 10.5 Å². The predicted octanol–water partition coefficient (Wildman–Crippen LogP) is 3.82. The number of fused-ring (bicyclic) bond motifs is 2. The van der Waals surface area contributed by atoms with Gasteiger partial charge >= 0.3 is 0 Å². The van der Waals surface area contributed by atoms with Gasteiger partial charge in [0.05, 0.1) is 23.0 Å². The van der Waals surface area contributed by atoms with Crippen LogP contribution in [0.15, 0.2) is 47.2 Å². The van der Waals surface area contributed by atoms with E-state index in [2.05, 4.69) is 32.5 Å². The molecule has 0 spiro atoms. The molecule has 4 heterocycles. The maximum atomic E-state index is 9.93. The highest BCUT2D eigenvalue weighted by Crippen LogP contribution is 2.47. The number of nitrogens with one attached hydrogen (secondary N) is 2. The van der Waals surface area contributed by atoms with Crippen LogP contribution in [-0.2, 0) is 0 Å². The molecule has 0 saturated carbocycles. The van der Waals surface area contributed by atoms with Gasteiger partial charge in [-0.25, -0.2) is 0 Å². The molecule has 2 aliphatic rings. The van der Waals surface area contributed by atoms with Crippen molar-refractivity contribution in [3.63, 3.8) is 0 Å². The number of ether oxygens (including phenoxy) is 2. The first-order valence-electron chi connectivity index (χ1n) is 11.7. The number of rotatable bonds is 4. The van der Waals surface area contributed by atoms with Crippen LogP contribution in [0.1, 0.15) is 85.0 Å². The van der Waals surface area contributed by atoms with E-state index in [4.69, 9.17) is 20.9 Å². The van der Waals surface area contributed by atoms with Gasteiger partial charge in [-0.3, -0.25) is 10.2 Å². The van der Waals surface area contributed by atoms with E-state index < -0.39 is 11.8 Å². The second kappa shape index (κ2) is 8.51. The van der Waals surface area contributed by atoms with E-state index in [0.29, 0.717) is 22.9 Å². The Balaban J connectivity index is 1.63. The summed E-state index contributed by atoms with van der Waals surface area (Å²) in [5.74, 6) is 0.217. The fourth-order valence-corrected chi connectivity index (χ4v) is 4.97. The molecular formula is C26H26N8O2. The highest BCUT2D eigenvalue weighted by Gasteiger charge is 2.38. The van der Waals surface area contributed by atoms with Gasteiger partial charge in [0.1, 0.15) is 23.3 Å². The molecule has 5 rings (SSSR count). The zero-order valence-corrected chi connectivity index (χ0v) is 20.4. The first kappa shape index (κ1) is 23.1. The molecule has 1 aromatic carbocycles. The lowest BCUT2D eigenvalue weighted by molar-refractivity contribution is 0.378. The molecule has 10 heteroatoms. The van der Waals surface area contributed by atoms with Crippen LogP contribution in [0.25, 0.3) is 0 Å². The van der Waals surface area contributed by atoms with Crippen LogP contribution in [0.4, 0.5) is 0 Å². The molecule has 10 nitrogen and oxygen atoms in total. The maximum absolute atomic E-state index is 9.93. The van der Waals surface area contributed by atoms with Crippen LogP contribution in [0.5, 0.6) is 11.8 Å². The lowest BCUT2D eigenvalue weighted by Crippen LogP contribution is -2.22. The van der Waals surface area contributed by atoms with Gasteiger partial charge in [0.25, 0.3) is 0 Å². The smallest absolute Gasteiger partial charge is 0.244 e. The molecule has 0 saturated heterocycles. The second-order valence-corrected chi connectivity index (χ2v) is 9.54. The minimum absolute atomic E-state index is 0.0393. The van der Waals surface area contributed by atoms with Gasteiger partial charge in [0, 0.05) is 11.4 Å². The van der Waals surface area contributed by atoms with Gasteiger partial charge in [0.15, 0.2) is 0 Å². The molecule has 0 aliphatic carbocycles. The van der Waals surface area contributed by atoms with Crippen LogP contribution >= 0.6 is 0 Å². The summed E-state index contributed by atoms with van der Waals surface area (Å²) in [7, 11) is 0. The van der Waals surface area contributed by atoms with Crippen LogP contribution < -0.4 is 20.9 Å². The van der Waals surface area contributed by atoms with Crippen molar-refractivity contribution in [2.45, 2.75) is 51.4 Å². The Morgan fingerprint density at radius 3 is 1.42 bits per heavy atom. The van der Waals surface area contributed by atoms with Crippen molar-refractivity contribution in [2.75, 3.05) is 0 Å². The molecule has 6 N–H and O–H groups in total. The lowest BCUT2D eigenvalue weighted by atomic mass is 9.79. The average Bonchev–Trinajstić information content (AvgIpc) is 3.46. The molecule has 2 aromatic heterocycles. The molecular weight excluding hydrogens is 456 g/mol. The normalized spacial score (nSPS) is 18.9. The van der Waals surface area contributed by atoms with Crippen molar-refractivity contribution in [3.8, 4) is 23.9 Å². The molecule has 0 radical (unpaired) electrons. The number of hydrogen-bond donors (Lipinski definition) is 4. The van der Waals surface area contributed by atoms with Crippen LogP contribution in [0.2, 0.25) is 0 Å². The first-order valence-corrected chi connectivity index (χ1v) is 11.7. The monoisotopic (exact) mass is 482 g/mol. The molecule has 2 atom stereocenters. The largest absolute Gasteiger partial charge is 0.420 e. The third kappa shape index (κ3) is 3.38. The average molecular weight is 483 g/mol.